The predicted molar refractivity (Wildman–Crippen MR) is 125 cm³/mol. The SMILES string of the molecule is Cc1nc(-c2ccccc2)sc1C1C(c2[nH]c(-c3ccccc3)cc2CO)C(F)(F)C(F)(F)C1(F)F. The summed E-state index contributed by atoms with van der Waals surface area (Å²) in [6, 6.07) is 18.1. The van der Waals surface area contributed by atoms with E-state index in [0.29, 0.717) is 22.5 Å². The molecule has 0 radical (unpaired) electrons. The molecule has 0 bridgehead atoms. The van der Waals surface area contributed by atoms with E-state index in [9.17, 15) is 13.9 Å². The van der Waals surface area contributed by atoms with Crippen LogP contribution in [0.3, 0.4) is 0 Å². The van der Waals surface area contributed by atoms with Crippen LogP contribution in [-0.4, -0.2) is 32.8 Å². The minimum Gasteiger partial charge on any atom is -0.392 e. The average molecular weight is 523 g/mol. The fourth-order valence-electron chi connectivity index (χ4n) is 4.79. The van der Waals surface area contributed by atoms with E-state index in [1.54, 1.807) is 60.7 Å². The van der Waals surface area contributed by atoms with Crippen LogP contribution in [0.2, 0.25) is 0 Å². The first-order valence-electron chi connectivity index (χ1n) is 11.0. The highest BCUT2D eigenvalue weighted by molar-refractivity contribution is 7.15. The Hall–Kier alpha value is -3.11. The highest BCUT2D eigenvalue weighted by Crippen LogP contribution is 2.69. The van der Waals surface area contributed by atoms with Crippen molar-refractivity contribution in [2.24, 2.45) is 0 Å². The van der Waals surface area contributed by atoms with Crippen molar-refractivity contribution < 1.29 is 31.4 Å². The molecule has 0 amide bonds. The number of alkyl halides is 6. The van der Waals surface area contributed by atoms with Crippen LogP contribution in [0.15, 0.2) is 66.7 Å². The van der Waals surface area contributed by atoms with Gasteiger partial charge < -0.3 is 10.1 Å². The van der Waals surface area contributed by atoms with E-state index in [2.05, 4.69) is 9.97 Å². The molecule has 2 heterocycles. The number of thiazole rings is 1. The molecule has 0 aliphatic heterocycles. The van der Waals surface area contributed by atoms with Crippen molar-refractivity contribution in [2.45, 2.75) is 43.1 Å². The van der Waals surface area contributed by atoms with Gasteiger partial charge in [0.15, 0.2) is 0 Å². The van der Waals surface area contributed by atoms with Gasteiger partial charge in [-0.25, -0.2) is 4.98 Å². The third-order valence-corrected chi connectivity index (χ3v) is 7.88. The molecule has 1 aliphatic rings. The topological polar surface area (TPSA) is 48.9 Å². The Labute approximate surface area is 206 Å². The van der Waals surface area contributed by atoms with Crippen molar-refractivity contribution >= 4 is 11.3 Å². The van der Waals surface area contributed by atoms with Crippen molar-refractivity contribution in [1.29, 1.82) is 0 Å². The fraction of sp³-hybridized carbons (Fsp3) is 0.269. The Kier molecular flexibility index (Phi) is 5.79. The molecule has 2 unspecified atom stereocenters. The second kappa shape index (κ2) is 8.48. The number of aliphatic hydroxyl groups is 1. The third kappa shape index (κ3) is 3.49. The number of aromatic nitrogens is 2. The molecule has 4 aromatic rings. The van der Waals surface area contributed by atoms with Gasteiger partial charge in [-0.2, -0.15) is 26.3 Å². The van der Waals surface area contributed by atoms with Crippen molar-refractivity contribution in [3.05, 3.63) is 88.6 Å². The standard InChI is InChI=1S/C26H20F6N2OS/c1-14-22(36-23(33-14)16-10-6-3-7-11-16)20-19(24(27,28)26(31,32)25(20,29)30)21-17(13-35)12-18(34-21)15-8-4-2-5-9-15/h2-12,19-20,34-35H,13H2,1H3. The van der Waals surface area contributed by atoms with Crippen LogP contribution in [0.4, 0.5) is 26.3 Å². The molecule has 2 N–H and O–H groups in total. The monoisotopic (exact) mass is 522 g/mol. The second-order valence-corrected chi connectivity index (χ2v) is 9.79. The minimum atomic E-state index is -5.64. The first-order valence-corrected chi connectivity index (χ1v) is 11.9. The van der Waals surface area contributed by atoms with Crippen LogP contribution in [-0.2, 0) is 6.61 Å². The summed E-state index contributed by atoms with van der Waals surface area (Å²) in [4.78, 5) is 6.56. The van der Waals surface area contributed by atoms with Gasteiger partial charge >= 0.3 is 17.8 Å². The Morgan fingerprint density at radius 1 is 0.861 bits per heavy atom. The van der Waals surface area contributed by atoms with Crippen LogP contribution in [0.5, 0.6) is 0 Å². The first kappa shape index (κ1) is 24.6. The summed E-state index contributed by atoms with van der Waals surface area (Å²) in [6.07, 6.45) is 0. The molecule has 3 nitrogen and oxygen atoms in total. The maximum Gasteiger partial charge on any atom is 0.373 e. The van der Waals surface area contributed by atoms with Crippen molar-refractivity contribution in [2.75, 3.05) is 0 Å². The summed E-state index contributed by atoms with van der Waals surface area (Å²) in [7, 11) is 0. The van der Waals surface area contributed by atoms with Crippen LogP contribution in [0, 0.1) is 6.92 Å². The zero-order valence-electron chi connectivity index (χ0n) is 18.8. The van der Waals surface area contributed by atoms with Crippen molar-refractivity contribution in [3.8, 4) is 21.8 Å². The van der Waals surface area contributed by atoms with Gasteiger partial charge in [0.05, 0.1) is 24.1 Å². The minimum absolute atomic E-state index is 0.0255. The Morgan fingerprint density at radius 3 is 2.00 bits per heavy atom. The smallest absolute Gasteiger partial charge is 0.373 e. The Balaban J connectivity index is 1.71. The highest BCUT2D eigenvalue weighted by Gasteiger charge is 2.85. The lowest BCUT2D eigenvalue weighted by Crippen LogP contribution is -2.48. The number of nitrogens with zero attached hydrogens (tertiary/aromatic N) is 1. The van der Waals surface area contributed by atoms with Crippen molar-refractivity contribution in [3.63, 3.8) is 0 Å². The van der Waals surface area contributed by atoms with Gasteiger partial charge in [-0.05, 0) is 24.1 Å². The number of halogens is 6. The molecule has 2 aromatic carbocycles. The van der Waals surface area contributed by atoms with E-state index >= 15 is 17.6 Å². The molecule has 36 heavy (non-hydrogen) atoms. The number of aromatic amines is 1. The summed E-state index contributed by atoms with van der Waals surface area (Å²) >= 11 is 0.695. The molecule has 10 heteroatoms. The molecule has 0 spiro atoms. The van der Waals surface area contributed by atoms with E-state index in [1.165, 1.54) is 13.0 Å². The van der Waals surface area contributed by atoms with Crippen molar-refractivity contribution in [1.82, 2.24) is 9.97 Å². The highest BCUT2D eigenvalue weighted by atomic mass is 32.1. The summed E-state index contributed by atoms with van der Waals surface area (Å²) in [5, 5.41) is 10.1. The normalized spacial score (nSPS) is 22.1. The molecule has 0 saturated heterocycles. The Bertz CT molecular complexity index is 1380. The van der Waals surface area contributed by atoms with Crippen LogP contribution in [0.25, 0.3) is 21.8 Å². The van der Waals surface area contributed by atoms with Gasteiger partial charge in [-0.3, -0.25) is 0 Å². The molecular formula is C26H20F6N2OS. The maximum atomic E-state index is 15.3. The molecule has 1 fully saturated rings. The number of H-pyrrole nitrogens is 1. The lowest BCUT2D eigenvalue weighted by Gasteiger charge is -2.25. The van der Waals surface area contributed by atoms with Gasteiger partial charge in [0, 0.05) is 21.8 Å². The quantitative estimate of drug-likeness (QED) is 0.269. The van der Waals surface area contributed by atoms with Gasteiger partial charge in [0.25, 0.3) is 0 Å². The van der Waals surface area contributed by atoms with Gasteiger partial charge in [-0.1, -0.05) is 60.7 Å². The van der Waals surface area contributed by atoms with Gasteiger partial charge in [-0.15, -0.1) is 11.3 Å². The lowest BCUT2D eigenvalue weighted by atomic mass is 9.86. The molecule has 1 aliphatic carbocycles. The molecule has 2 atom stereocenters. The Morgan fingerprint density at radius 2 is 1.42 bits per heavy atom. The summed E-state index contributed by atoms with van der Waals surface area (Å²) in [6.45, 7) is 0.545. The number of hydrogen-bond acceptors (Lipinski definition) is 3. The van der Waals surface area contributed by atoms with Crippen LogP contribution >= 0.6 is 11.3 Å². The number of hydrogen-bond donors (Lipinski definition) is 2. The first-order chi connectivity index (χ1) is 17.0. The molecular weight excluding hydrogens is 502 g/mol. The molecule has 5 rings (SSSR count). The summed E-state index contributed by atoms with van der Waals surface area (Å²) in [5.41, 5.74) is 0.599. The van der Waals surface area contributed by atoms with Crippen LogP contribution in [0.1, 0.15) is 33.7 Å². The second-order valence-electron chi connectivity index (χ2n) is 8.76. The molecule has 188 valence electrons. The van der Waals surface area contributed by atoms with E-state index in [4.69, 9.17) is 0 Å². The van der Waals surface area contributed by atoms with E-state index in [-0.39, 0.29) is 26.8 Å². The molecule has 2 aromatic heterocycles. The van der Waals surface area contributed by atoms with Gasteiger partial charge in [0.2, 0.25) is 0 Å². The van der Waals surface area contributed by atoms with E-state index < -0.39 is 41.9 Å². The predicted octanol–water partition coefficient (Wildman–Crippen LogP) is 7.39. The zero-order chi connectivity index (χ0) is 25.9. The average Bonchev–Trinajstić information content (AvgIpc) is 3.48. The van der Waals surface area contributed by atoms with Crippen LogP contribution < -0.4 is 0 Å². The lowest BCUT2D eigenvalue weighted by molar-refractivity contribution is -0.275. The van der Waals surface area contributed by atoms with E-state index in [0.717, 1.165) is 0 Å². The largest absolute Gasteiger partial charge is 0.392 e. The zero-order valence-corrected chi connectivity index (χ0v) is 19.6. The third-order valence-electron chi connectivity index (χ3n) is 6.59. The maximum absolute atomic E-state index is 15.3. The number of benzene rings is 2. The summed E-state index contributed by atoms with van der Waals surface area (Å²) < 4.78 is 91.0. The number of rotatable bonds is 5. The molecule has 1 saturated carbocycles. The summed E-state index contributed by atoms with van der Waals surface area (Å²) in [5.74, 6) is -21.1. The fourth-order valence-corrected chi connectivity index (χ4v) is 6.04. The number of aryl methyl sites for hydroxylation is 1. The number of nitrogens with one attached hydrogen (secondary N) is 1. The van der Waals surface area contributed by atoms with E-state index in [1.807, 2.05) is 0 Å². The van der Waals surface area contributed by atoms with Gasteiger partial charge in [0.1, 0.15) is 5.01 Å². The number of aliphatic hydroxyl groups excluding tert-OH is 1.